The average Bonchev–Trinajstić information content (AvgIpc) is 2.81. The largest absolute Gasteiger partial charge is 0.507 e. The van der Waals surface area contributed by atoms with E-state index in [1.165, 1.54) is 12.5 Å². The Morgan fingerprint density at radius 2 is 2.30 bits per heavy atom. The lowest BCUT2D eigenvalue weighted by Crippen LogP contribution is -2.23. The molecule has 0 fully saturated rings. The standard InChI is InChI=1S/C12H11N3O5/c1-7-10(14-6-20-7)5-13-12(17)9-3-2-8(15(18)19)4-11(9)16/h2-4,6,16H,5H2,1H3,(H,13,17). The Labute approximate surface area is 113 Å². The van der Waals surface area contributed by atoms with E-state index in [0.717, 1.165) is 12.1 Å². The number of amides is 1. The van der Waals surface area contributed by atoms with Crippen molar-refractivity contribution < 1.29 is 19.2 Å². The fourth-order valence-electron chi connectivity index (χ4n) is 1.58. The lowest BCUT2D eigenvalue weighted by atomic mass is 10.1. The number of aryl methyl sites for hydroxylation is 1. The summed E-state index contributed by atoms with van der Waals surface area (Å²) in [6, 6.07) is 3.27. The minimum absolute atomic E-state index is 0.0447. The van der Waals surface area contributed by atoms with Crippen LogP contribution in [0.3, 0.4) is 0 Å². The van der Waals surface area contributed by atoms with E-state index in [2.05, 4.69) is 10.3 Å². The normalized spacial score (nSPS) is 10.2. The molecule has 8 heteroatoms. The summed E-state index contributed by atoms with van der Waals surface area (Å²) in [6.07, 6.45) is 1.26. The van der Waals surface area contributed by atoms with E-state index in [1.54, 1.807) is 6.92 Å². The third-order valence-corrected chi connectivity index (χ3v) is 2.70. The fourth-order valence-corrected chi connectivity index (χ4v) is 1.58. The number of hydrogen-bond donors (Lipinski definition) is 2. The number of carbonyl (C=O) groups is 1. The fraction of sp³-hybridized carbons (Fsp3) is 0.167. The molecule has 0 aliphatic carbocycles. The van der Waals surface area contributed by atoms with E-state index in [9.17, 15) is 20.0 Å². The molecule has 0 atom stereocenters. The van der Waals surface area contributed by atoms with E-state index < -0.39 is 16.6 Å². The number of benzene rings is 1. The van der Waals surface area contributed by atoms with Crippen molar-refractivity contribution in [3.63, 3.8) is 0 Å². The number of aromatic nitrogens is 1. The van der Waals surface area contributed by atoms with Crippen LogP contribution in [0.1, 0.15) is 21.8 Å². The molecule has 0 spiro atoms. The van der Waals surface area contributed by atoms with Gasteiger partial charge >= 0.3 is 0 Å². The molecule has 0 saturated heterocycles. The molecule has 1 amide bonds. The maximum Gasteiger partial charge on any atom is 0.273 e. The van der Waals surface area contributed by atoms with Crippen LogP contribution in [0, 0.1) is 17.0 Å². The quantitative estimate of drug-likeness (QED) is 0.646. The van der Waals surface area contributed by atoms with Gasteiger partial charge in [0.25, 0.3) is 11.6 Å². The van der Waals surface area contributed by atoms with Gasteiger partial charge in [0.1, 0.15) is 17.2 Å². The van der Waals surface area contributed by atoms with Crippen LogP contribution in [0.4, 0.5) is 5.69 Å². The van der Waals surface area contributed by atoms with Crippen LogP contribution in [0.25, 0.3) is 0 Å². The molecule has 1 aromatic heterocycles. The molecule has 104 valence electrons. The first-order valence-corrected chi connectivity index (χ1v) is 5.63. The number of nitro benzene ring substituents is 1. The first-order chi connectivity index (χ1) is 9.49. The average molecular weight is 277 g/mol. The highest BCUT2D eigenvalue weighted by molar-refractivity contribution is 5.97. The van der Waals surface area contributed by atoms with E-state index >= 15 is 0 Å². The third kappa shape index (κ3) is 2.74. The Hall–Kier alpha value is -2.90. The zero-order valence-corrected chi connectivity index (χ0v) is 10.5. The van der Waals surface area contributed by atoms with Crippen molar-refractivity contribution in [2.45, 2.75) is 13.5 Å². The number of oxazole rings is 1. The molecule has 1 aromatic carbocycles. The number of phenolic OH excluding ortho intramolecular Hbond substituents is 1. The Kier molecular flexibility index (Phi) is 3.65. The van der Waals surface area contributed by atoms with Crippen LogP contribution in [0.15, 0.2) is 29.0 Å². The third-order valence-electron chi connectivity index (χ3n) is 2.70. The van der Waals surface area contributed by atoms with Crippen molar-refractivity contribution in [2.24, 2.45) is 0 Å². The molecule has 2 rings (SSSR count). The van der Waals surface area contributed by atoms with Gasteiger partial charge in [0.05, 0.1) is 23.1 Å². The second kappa shape index (κ2) is 5.39. The molecule has 8 nitrogen and oxygen atoms in total. The summed E-state index contributed by atoms with van der Waals surface area (Å²) in [7, 11) is 0. The summed E-state index contributed by atoms with van der Waals surface area (Å²) < 4.78 is 4.98. The highest BCUT2D eigenvalue weighted by Gasteiger charge is 2.16. The van der Waals surface area contributed by atoms with E-state index in [0.29, 0.717) is 11.5 Å². The van der Waals surface area contributed by atoms with Crippen molar-refractivity contribution in [2.75, 3.05) is 0 Å². The molecule has 2 aromatic rings. The zero-order valence-electron chi connectivity index (χ0n) is 10.5. The number of phenols is 1. The summed E-state index contributed by atoms with van der Waals surface area (Å²) in [5.41, 5.74) is 0.239. The van der Waals surface area contributed by atoms with Crippen molar-refractivity contribution in [1.29, 1.82) is 0 Å². The molecule has 0 radical (unpaired) electrons. The number of nitrogens with one attached hydrogen (secondary N) is 1. The highest BCUT2D eigenvalue weighted by Crippen LogP contribution is 2.23. The summed E-state index contributed by atoms with van der Waals surface area (Å²) in [5, 5.41) is 22.7. The Morgan fingerprint density at radius 1 is 1.55 bits per heavy atom. The highest BCUT2D eigenvalue weighted by atomic mass is 16.6. The van der Waals surface area contributed by atoms with Gasteiger partial charge in [0.2, 0.25) is 0 Å². The second-order valence-electron chi connectivity index (χ2n) is 4.00. The van der Waals surface area contributed by atoms with Crippen LogP contribution >= 0.6 is 0 Å². The Balaban J connectivity index is 2.10. The second-order valence-corrected chi connectivity index (χ2v) is 4.00. The molecular weight excluding hydrogens is 266 g/mol. The van der Waals surface area contributed by atoms with Gasteiger partial charge in [-0.1, -0.05) is 0 Å². The lowest BCUT2D eigenvalue weighted by molar-refractivity contribution is -0.384. The maximum atomic E-state index is 11.9. The zero-order chi connectivity index (χ0) is 14.7. The van der Waals surface area contributed by atoms with Gasteiger partial charge in [0, 0.05) is 6.07 Å². The van der Waals surface area contributed by atoms with E-state index in [1.807, 2.05) is 0 Å². The molecule has 0 aliphatic heterocycles. The number of rotatable bonds is 4. The van der Waals surface area contributed by atoms with E-state index in [-0.39, 0.29) is 17.8 Å². The SMILES string of the molecule is Cc1ocnc1CNC(=O)c1ccc([N+](=O)[O-])cc1O. The Bertz CT molecular complexity index is 665. The van der Waals surface area contributed by atoms with Crippen LogP contribution in [0.2, 0.25) is 0 Å². The van der Waals surface area contributed by atoms with Gasteiger partial charge in [-0.25, -0.2) is 4.98 Å². The summed E-state index contributed by atoms with van der Waals surface area (Å²) in [6.45, 7) is 1.84. The van der Waals surface area contributed by atoms with E-state index in [4.69, 9.17) is 4.42 Å². The minimum Gasteiger partial charge on any atom is -0.507 e. The molecular formula is C12H11N3O5. The van der Waals surface area contributed by atoms with Crippen molar-refractivity contribution in [3.8, 4) is 5.75 Å². The molecule has 20 heavy (non-hydrogen) atoms. The smallest absolute Gasteiger partial charge is 0.273 e. The number of non-ortho nitro benzene ring substituents is 1. The van der Waals surface area contributed by atoms with Crippen LogP contribution in [-0.4, -0.2) is 20.9 Å². The molecule has 0 unspecified atom stereocenters. The van der Waals surface area contributed by atoms with Crippen molar-refractivity contribution >= 4 is 11.6 Å². The number of nitrogens with zero attached hydrogens (tertiary/aromatic N) is 2. The molecule has 0 saturated carbocycles. The van der Waals surface area contributed by atoms with Crippen LogP contribution in [-0.2, 0) is 6.54 Å². The van der Waals surface area contributed by atoms with Crippen LogP contribution < -0.4 is 5.32 Å². The first-order valence-electron chi connectivity index (χ1n) is 5.63. The molecule has 0 aliphatic rings. The van der Waals surface area contributed by atoms with Gasteiger partial charge in [-0.05, 0) is 13.0 Å². The van der Waals surface area contributed by atoms with Crippen LogP contribution in [0.5, 0.6) is 5.75 Å². The van der Waals surface area contributed by atoms with Gasteiger partial charge in [-0.3, -0.25) is 14.9 Å². The first kappa shape index (κ1) is 13.5. The maximum absolute atomic E-state index is 11.9. The molecule has 0 bridgehead atoms. The summed E-state index contributed by atoms with van der Waals surface area (Å²) >= 11 is 0. The number of carbonyl (C=O) groups excluding carboxylic acids is 1. The van der Waals surface area contributed by atoms with Gasteiger partial charge in [0.15, 0.2) is 6.39 Å². The van der Waals surface area contributed by atoms with Crippen molar-refractivity contribution in [3.05, 3.63) is 51.7 Å². The van der Waals surface area contributed by atoms with Gasteiger partial charge in [-0.2, -0.15) is 0 Å². The molecule has 2 N–H and O–H groups in total. The Morgan fingerprint density at radius 3 is 2.85 bits per heavy atom. The predicted octanol–water partition coefficient (Wildman–Crippen LogP) is 1.53. The number of nitro groups is 1. The van der Waals surface area contributed by atoms with Gasteiger partial charge in [-0.15, -0.1) is 0 Å². The van der Waals surface area contributed by atoms with Gasteiger partial charge < -0.3 is 14.8 Å². The monoisotopic (exact) mass is 277 g/mol. The lowest BCUT2D eigenvalue weighted by Gasteiger charge is -2.05. The van der Waals surface area contributed by atoms with Crippen molar-refractivity contribution in [1.82, 2.24) is 10.3 Å². The number of aromatic hydroxyl groups is 1. The number of hydrogen-bond acceptors (Lipinski definition) is 6. The summed E-state index contributed by atoms with van der Waals surface area (Å²) in [4.78, 5) is 25.6. The topological polar surface area (TPSA) is 119 Å². The summed E-state index contributed by atoms with van der Waals surface area (Å²) in [5.74, 6) is -0.424. The predicted molar refractivity (Wildman–Crippen MR) is 67.2 cm³/mol. The minimum atomic E-state index is -0.653. The molecule has 1 heterocycles.